The predicted molar refractivity (Wildman–Crippen MR) is 86.7 cm³/mol. The number of anilines is 1. The molecule has 0 bridgehead atoms. The van der Waals surface area contributed by atoms with Crippen molar-refractivity contribution in [3.63, 3.8) is 0 Å². The molecule has 1 N–H and O–H groups in total. The molecule has 26 heavy (non-hydrogen) atoms. The van der Waals surface area contributed by atoms with Gasteiger partial charge in [0.15, 0.2) is 11.6 Å². The maximum Gasteiger partial charge on any atom is 0.337 e. The summed E-state index contributed by atoms with van der Waals surface area (Å²) in [6.07, 6.45) is 0. The third-order valence-electron chi connectivity index (χ3n) is 4.72. The zero-order chi connectivity index (χ0) is 18.7. The summed E-state index contributed by atoms with van der Waals surface area (Å²) >= 11 is 0. The normalized spacial score (nSPS) is 18.3. The van der Waals surface area contributed by atoms with E-state index in [0.717, 1.165) is 16.7 Å². The van der Waals surface area contributed by atoms with Gasteiger partial charge in [-0.3, -0.25) is 13.9 Å². The lowest BCUT2D eigenvalue weighted by Crippen LogP contribution is -2.43. The molecule has 0 saturated heterocycles. The number of nitrogens with zero attached hydrogens (tertiary/aromatic N) is 2. The van der Waals surface area contributed by atoms with Crippen LogP contribution in [0, 0.1) is 11.6 Å². The molecule has 2 aliphatic rings. The van der Waals surface area contributed by atoms with E-state index in [1.165, 1.54) is 24.7 Å². The smallest absolute Gasteiger partial charge is 0.337 e. The van der Waals surface area contributed by atoms with E-state index in [9.17, 15) is 23.2 Å². The summed E-state index contributed by atoms with van der Waals surface area (Å²) in [5.41, 5.74) is -0.331. The Hall–Kier alpha value is -3.23. The monoisotopic (exact) mass is 361 g/mol. The average molecular weight is 361 g/mol. The standard InChI is InChI=1S/C17H13F2N3O4/c1-21-14-13(15(23)22(2)17(21)25)11(7-3-4-8(18)9(19)5-7)12-10(20-14)6-26-16(12)24/h3-5,11,20H,6H2,1-2H3/t11-/m0/s1. The number of benzene rings is 1. The molecule has 134 valence electrons. The van der Waals surface area contributed by atoms with Crippen LogP contribution in [0.2, 0.25) is 0 Å². The number of cyclic esters (lactones) is 1. The molecule has 7 nitrogen and oxygen atoms in total. The quantitative estimate of drug-likeness (QED) is 0.758. The molecular weight excluding hydrogens is 348 g/mol. The number of ether oxygens (including phenoxy) is 1. The van der Waals surface area contributed by atoms with E-state index < -0.39 is 34.8 Å². The highest BCUT2D eigenvalue weighted by atomic mass is 19.2. The number of hydrogen-bond donors (Lipinski definition) is 1. The first-order valence-corrected chi connectivity index (χ1v) is 7.73. The highest BCUT2D eigenvalue weighted by Gasteiger charge is 2.41. The van der Waals surface area contributed by atoms with Gasteiger partial charge in [0.1, 0.15) is 12.4 Å². The largest absolute Gasteiger partial charge is 0.456 e. The third kappa shape index (κ3) is 2.06. The van der Waals surface area contributed by atoms with Gasteiger partial charge in [-0.1, -0.05) is 6.07 Å². The number of esters is 1. The van der Waals surface area contributed by atoms with Crippen molar-refractivity contribution in [2.75, 3.05) is 11.9 Å². The van der Waals surface area contributed by atoms with Gasteiger partial charge in [0.2, 0.25) is 0 Å². The highest BCUT2D eigenvalue weighted by molar-refractivity contribution is 5.96. The van der Waals surface area contributed by atoms with E-state index in [4.69, 9.17) is 4.74 Å². The second kappa shape index (κ2) is 5.38. The summed E-state index contributed by atoms with van der Waals surface area (Å²) in [4.78, 5) is 37.2. The number of fused-ring (bicyclic) bond motifs is 1. The average Bonchev–Trinajstić information content (AvgIpc) is 2.99. The Morgan fingerprint density at radius 2 is 1.85 bits per heavy atom. The molecular formula is C17H13F2N3O4. The molecule has 2 aliphatic heterocycles. The van der Waals surface area contributed by atoms with Crippen molar-refractivity contribution in [1.29, 1.82) is 0 Å². The number of nitrogens with one attached hydrogen (secondary N) is 1. The molecule has 0 unspecified atom stereocenters. The van der Waals surface area contributed by atoms with Gasteiger partial charge >= 0.3 is 11.7 Å². The minimum absolute atomic E-state index is 0.0583. The Labute approximate surface area is 145 Å². The van der Waals surface area contributed by atoms with Crippen LogP contribution < -0.4 is 16.6 Å². The van der Waals surface area contributed by atoms with Crippen molar-refractivity contribution in [2.24, 2.45) is 14.1 Å². The molecule has 1 aromatic heterocycles. The molecule has 0 amide bonds. The number of halogens is 2. The summed E-state index contributed by atoms with van der Waals surface area (Å²) in [5, 5.41) is 2.91. The molecule has 0 saturated carbocycles. The Bertz CT molecular complexity index is 1130. The Balaban J connectivity index is 2.09. The van der Waals surface area contributed by atoms with Gasteiger partial charge in [-0.15, -0.1) is 0 Å². The second-order valence-corrected chi connectivity index (χ2v) is 6.17. The van der Waals surface area contributed by atoms with Gasteiger partial charge in [-0.05, 0) is 17.7 Å². The third-order valence-corrected chi connectivity index (χ3v) is 4.72. The predicted octanol–water partition coefficient (Wildman–Crippen LogP) is 0.730. The first-order chi connectivity index (χ1) is 12.3. The van der Waals surface area contributed by atoms with Crippen LogP contribution in [0.4, 0.5) is 14.6 Å². The fraction of sp³-hybridized carbons (Fsp3) is 0.235. The molecule has 0 spiro atoms. The highest BCUT2D eigenvalue weighted by Crippen LogP contribution is 2.42. The van der Waals surface area contributed by atoms with E-state index >= 15 is 0 Å². The zero-order valence-electron chi connectivity index (χ0n) is 13.8. The lowest BCUT2D eigenvalue weighted by Gasteiger charge is -2.28. The molecule has 2 aromatic rings. The summed E-state index contributed by atoms with van der Waals surface area (Å²) in [6, 6.07) is 3.17. The van der Waals surface area contributed by atoms with Crippen LogP contribution in [0.15, 0.2) is 39.1 Å². The van der Waals surface area contributed by atoms with Crippen LogP contribution >= 0.6 is 0 Å². The Morgan fingerprint density at radius 3 is 2.54 bits per heavy atom. The molecule has 1 aromatic carbocycles. The summed E-state index contributed by atoms with van der Waals surface area (Å²) < 4.78 is 34.3. The maximum absolute atomic E-state index is 13.8. The van der Waals surface area contributed by atoms with Gasteiger partial charge < -0.3 is 10.1 Å². The minimum atomic E-state index is -1.10. The Morgan fingerprint density at radius 1 is 1.12 bits per heavy atom. The molecule has 0 fully saturated rings. The van der Waals surface area contributed by atoms with Crippen LogP contribution in [-0.4, -0.2) is 21.7 Å². The van der Waals surface area contributed by atoms with E-state index in [2.05, 4.69) is 5.32 Å². The van der Waals surface area contributed by atoms with Gasteiger partial charge in [-0.2, -0.15) is 0 Å². The van der Waals surface area contributed by atoms with Crippen molar-refractivity contribution < 1.29 is 18.3 Å². The van der Waals surface area contributed by atoms with E-state index in [-0.39, 0.29) is 29.1 Å². The SMILES string of the molecule is Cn1c2c(c(=O)n(C)c1=O)[C@@H](c1ccc(F)c(F)c1)C1=C(COC1=O)N2. The molecule has 0 aliphatic carbocycles. The van der Waals surface area contributed by atoms with Gasteiger partial charge in [0.05, 0.1) is 22.8 Å². The lowest BCUT2D eigenvalue weighted by atomic mass is 9.82. The summed E-state index contributed by atoms with van der Waals surface area (Å²) in [7, 11) is 2.78. The first-order valence-electron chi connectivity index (χ1n) is 7.73. The van der Waals surface area contributed by atoms with Crippen LogP contribution in [-0.2, 0) is 23.6 Å². The molecule has 0 radical (unpaired) electrons. The van der Waals surface area contributed by atoms with Crippen molar-refractivity contribution in [3.8, 4) is 0 Å². The summed E-state index contributed by atoms with van der Waals surface area (Å²) in [5.74, 6) is -3.57. The van der Waals surface area contributed by atoms with Crippen LogP contribution in [0.3, 0.4) is 0 Å². The zero-order valence-corrected chi connectivity index (χ0v) is 13.8. The van der Waals surface area contributed by atoms with Crippen molar-refractivity contribution in [2.45, 2.75) is 5.92 Å². The van der Waals surface area contributed by atoms with Crippen LogP contribution in [0.1, 0.15) is 17.0 Å². The number of carbonyl (C=O) groups excluding carboxylic acids is 1. The fourth-order valence-electron chi connectivity index (χ4n) is 3.41. The number of carbonyl (C=O) groups is 1. The van der Waals surface area contributed by atoms with Gasteiger partial charge in [0, 0.05) is 14.1 Å². The summed E-state index contributed by atoms with van der Waals surface area (Å²) in [6.45, 7) is -0.0583. The van der Waals surface area contributed by atoms with Crippen molar-refractivity contribution in [1.82, 2.24) is 9.13 Å². The van der Waals surface area contributed by atoms with Crippen LogP contribution in [0.25, 0.3) is 0 Å². The minimum Gasteiger partial charge on any atom is -0.456 e. The van der Waals surface area contributed by atoms with Gasteiger partial charge in [-0.25, -0.2) is 18.4 Å². The first kappa shape index (κ1) is 16.2. The van der Waals surface area contributed by atoms with Crippen molar-refractivity contribution >= 4 is 11.8 Å². The number of aromatic nitrogens is 2. The van der Waals surface area contributed by atoms with Crippen molar-refractivity contribution in [3.05, 3.63) is 73.1 Å². The maximum atomic E-state index is 13.8. The Kier molecular flexibility index (Phi) is 3.36. The fourth-order valence-corrected chi connectivity index (χ4v) is 3.41. The number of rotatable bonds is 1. The van der Waals surface area contributed by atoms with E-state index in [1.807, 2.05) is 0 Å². The van der Waals surface area contributed by atoms with Crippen LogP contribution in [0.5, 0.6) is 0 Å². The topological polar surface area (TPSA) is 82.3 Å². The molecule has 9 heteroatoms. The van der Waals surface area contributed by atoms with Gasteiger partial charge in [0.25, 0.3) is 5.56 Å². The molecule has 3 heterocycles. The second-order valence-electron chi connectivity index (χ2n) is 6.17. The molecule has 4 rings (SSSR count). The lowest BCUT2D eigenvalue weighted by molar-refractivity contribution is -0.136. The van der Waals surface area contributed by atoms with E-state index in [1.54, 1.807) is 0 Å². The molecule has 1 atom stereocenters. The number of hydrogen-bond acceptors (Lipinski definition) is 5. The van der Waals surface area contributed by atoms with E-state index in [0.29, 0.717) is 5.70 Å².